The molecule has 21 heteroatoms. The number of unbranched alkanes of at least 4 members (excludes halogenated alkanes) is 2. The highest BCUT2D eigenvalue weighted by Crippen LogP contribution is 2.27. The summed E-state index contributed by atoms with van der Waals surface area (Å²) in [5, 5.41) is 30.3. The largest absolute Gasteiger partial charge is 0.514 e. The predicted molar refractivity (Wildman–Crippen MR) is 262 cm³/mol. The fourth-order valence-electron chi connectivity index (χ4n) is 6.96. The van der Waals surface area contributed by atoms with E-state index in [9.17, 15) is 44.2 Å². The van der Waals surface area contributed by atoms with Gasteiger partial charge in [0, 0.05) is 79.7 Å². The van der Waals surface area contributed by atoms with Crippen molar-refractivity contribution < 1.29 is 62.2 Å². The topological polar surface area (TPSA) is 266 Å². The number of fused-ring (bicyclic) bond motifs is 2. The van der Waals surface area contributed by atoms with Gasteiger partial charge in [-0.05, 0) is 61.2 Å². The minimum atomic E-state index is -1.15. The first-order valence-corrected chi connectivity index (χ1v) is 23.5. The number of hydrogen-bond acceptors (Lipinski definition) is 15. The molecule has 0 bridgehead atoms. The van der Waals surface area contributed by atoms with E-state index in [1.165, 1.54) is 24.3 Å². The van der Waals surface area contributed by atoms with Crippen LogP contribution in [0.1, 0.15) is 73.6 Å². The van der Waals surface area contributed by atoms with Crippen LogP contribution >= 0.6 is 0 Å². The Morgan fingerprint density at radius 1 is 0.583 bits per heavy atom. The lowest BCUT2D eigenvalue weighted by Gasteiger charge is -2.26. The van der Waals surface area contributed by atoms with Crippen molar-refractivity contribution in [2.24, 2.45) is 0 Å². The van der Waals surface area contributed by atoms with Gasteiger partial charge in [0.25, 0.3) is 11.4 Å². The first-order valence-electron chi connectivity index (χ1n) is 23.5. The fourth-order valence-corrected chi connectivity index (χ4v) is 6.96. The smallest absolute Gasteiger partial charge is 0.429 e. The molecular formula is C51H58N6O15. The predicted octanol–water partition coefficient (Wildman–Crippen LogP) is 6.52. The van der Waals surface area contributed by atoms with Gasteiger partial charge in [-0.3, -0.25) is 39.4 Å². The zero-order valence-electron chi connectivity index (χ0n) is 39.8. The highest BCUT2D eigenvalue weighted by atomic mass is 16.7. The van der Waals surface area contributed by atoms with Crippen molar-refractivity contribution in [3.8, 4) is 17.6 Å². The van der Waals surface area contributed by atoms with E-state index < -0.39 is 28.5 Å². The quantitative estimate of drug-likeness (QED) is 0.0121. The highest BCUT2D eigenvalue weighted by Gasteiger charge is 2.21. The molecule has 0 aromatic heterocycles. The molecule has 5 rings (SSSR count). The summed E-state index contributed by atoms with van der Waals surface area (Å²) in [6, 6.07) is 23.9. The summed E-state index contributed by atoms with van der Waals surface area (Å²) in [4.78, 5) is 85.5. The van der Waals surface area contributed by atoms with Crippen LogP contribution in [0.2, 0.25) is 0 Å². The molecule has 0 radical (unpaired) electrons. The standard InChI is InChI=1S/C51H58N6O15/c58-47(13-8-14-49(60)54-45-35-43(57(65)66)19-18-41(45)37-71-51(62)72-44-22-20-42(21-23-44)56(63)64)53-26-28-68-30-32-70-34-33-69-31-29-67-27-24-48(59)52-25-7-1-2-15-50(61)55-36-40-11-4-3-9-38(40)16-17-39-10-5-6-12-46(39)55/h3-6,9-12,18-23,35H,1-2,7-8,13-15,24-34,36-37H2,(H,52,59)(H,53,58)(H,54,60). The Balaban J connectivity index is 0.799. The molecule has 0 unspecified atom stereocenters. The number of benzene rings is 4. The molecule has 72 heavy (non-hydrogen) atoms. The zero-order valence-corrected chi connectivity index (χ0v) is 39.8. The molecule has 4 aromatic carbocycles. The van der Waals surface area contributed by atoms with Gasteiger partial charge in [0.2, 0.25) is 23.6 Å². The third-order valence-corrected chi connectivity index (χ3v) is 10.7. The molecule has 0 aliphatic carbocycles. The number of nitro groups is 2. The Labute approximate surface area is 416 Å². The summed E-state index contributed by atoms with van der Waals surface area (Å²) in [6.07, 6.45) is 1.90. The SMILES string of the molecule is O=C(CCCC(=O)Nc1cc([N+](=O)[O-])ccc1COC(=O)Oc1ccc([N+](=O)[O-])cc1)NCCOCCOCCOCCOCCC(=O)NCCCCCC(=O)N1Cc2ccccc2C#Cc2ccccc21. The zero-order chi connectivity index (χ0) is 51.3. The van der Waals surface area contributed by atoms with Crippen molar-refractivity contribution in [3.05, 3.63) is 133 Å². The summed E-state index contributed by atoms with van der Waals surface area (Å²) >= 11 is 0. The lowest BCUT2D eigenvalue weighted by Crippen LogP contribution is -2.31. The van der Waals surface area contributed by atoms with Gasteiger partial charge >= 0.3 is 6.16 Å². The maximum atomic E-state index is 13.4. The van der Waals surface area contributed by atoms with Crippen molar-refractivity contribution in [1.29, 1.82) is 0 Å². The normalized spacial score (nSPS) is 11.4. The maximum absolute atomic E-state index is 13.4. The van der Waals surface area contributed by atoms with E-state index in [2.05, 4.69) is 27.8 Å². The molecular weight excluding hydrogens is 937 g/mol. The molecule has 3 N–H and O–H groups in total. The lowest BCUT2D eigenvalue weighted by molar-refractivity contribution is -0.385. The minimum Gasteiger partial charge on any atom is -0.429 e. The molecule has 0 spiro atoms. The van der Waals surface area contributed by atoms with Crippen LogP contribution in [-0.2, 0) is 56.0 Å². The van der Waals surface area contributed by atoms with Crippen LogP contribution in [-0.4, -0.2) is 106 Å². The first-order chi connectivity index (χ1) is 35.0. The third kappa shape index (κ3) is 19.9. The van der Waals surface area contributed by atoms with E-state index in [1.807, 2.05) is 53.4 Å². The Bertz CT molecular complexity index is 2530. The molecule has 0 atom stereocenters. The molecule has 1 aliphatic heterocycles. The number of carbonyl (C=O) groups is 5. The molecule has 1 heterocycles. The van der Waals surface area contributed by atoms with Gasteiger partial charge < -0.3 is 49.3 Å². The number of nitrogens with one attached hydrogen (secondary N) is 3. The monoisotopic (exact) mass is 994 g/mol. The molecule has 382 valence electrons. The average molecular weight is 995 g/mol. The van der Waals surface area contributed by atoms with Gasteiger partial charge in [-0.25, -0.2) is 4.79 Å². The highest BCUT2D eigenvalue weighted by molar-refractivity contribution is 5.95. The third-order valence-electron chi connectivity index (χ3n) is 10.7. The number of para-hydroxylation sites is 1. The summed E-state index contributed by atoms with van der Waals surface area (Å²) < 4.78 is 32.0. The van der Waals surface area contributed by atoms with Gasteiger partial charge in [0.15, 0.2) is 0 Å². The summed E-state index contributed by atoms with van der Waals surface area (Å²) in [6.45, 7) is 3.31. The molecule has 21 nitrogen and oxygen atoms in total. The van der Waals surface area contributed by atoms with Gasteiger partial charge in [-0.2, -0.15) is 0 Å². The number of rotatable bonds is 31. The van der Waals surface area contributed by atoms with Crippen LogP contribution in [0.15, 0.2) is 91.0 Å². The van der Waals surface area contributed by atoms with E-state index in [0.717, 1.165) is 53.4 Å². The number of ether oxygens (including phenoxy) is 6. The number of carbonyl (C=O) groups excluding carboxylic acids is 5. The Morgan fingerprint density at radius 3 is 1.90 bits per heavy atom. The maximum Gasteiger partial charge on any atom is 0.514 e. The van der Waals surface area contributed by atoms with Crippen LogP contribution in [0.5, 0.6) is 5.75 Å². The first kappa shape index (κ1) is 55.2. The van der Waals surface area contributed by atoms with Crippen molar-refractivity contribution in [2.45, 2.75) is 64.5 Å². The Hall–Kier alpha value is -7.77. The van der Waals surface area contributed by atoms with E-state index in [-0.39, 0.29) is 91.5 Å². The van der Waals surface area contributed by atoms with Crippen LogP contribution in [0.3, 0.4) is 0 Å². The second kappa shape index (κ2) is 30.8. The number of nitro benzene ring substituents is 2. The van der Waals surface area contributed by atoms with Crippen LogP contribution < -0.4 is 25.6 Å². The molecule has 0 saturated carbocycles. The van der Waals surface area contributed by atoms with Crippen LogP contribution in [0.25, 0.3) is 0 Å². The Morgan fingerprint density at radius 2 is 1.18 bits per heavy atom. The summed E-state index contributed by atoms with van der Waals surface area (Å²) in [7, 11) is 0. The molecule has 1 aliphatic rings. The lowest BCUT2D eigenvalue weighted by atomic mass is 10.0. The Kier molecular flexibility index (Phi) is 23.6. The van der Waals surface area contributed by atoms with Crippen LogP contribution in [0, 0.1) is 32.1 Å². The van der Waals surface area contributed by atoms with E-state index >= 15 is 0 Å². The van der Waals surface area contributed by atoms with Crippen molar-refractivity contribution in [1.82, 2.24) is 10.6 Å². The van der Waals surface area contributed by atoms with Gasteiger partial charge in [-0.1, -0.05) is 48.6 Å². The summed E-state index contributed by atoms with van der Waals surface area (Å²) in [5.74, 6) is 5.57. The van der Waals surface area contributed by atoms with E-state index in [1.54, 1.807) is 0 Å². The minimum absolute atomic E-state index is 0.0114. The van der Waals surface area contributed by atoms with Crippen molar-refractivity contribution in [3.63, 3.8) is 0 Å². The molecule has 4 aromatic rings. The van der Waals surface area contributed by atoms with Gasteiger partial charge in [-0.15, -0.1) is 0 Å². The van der Waals surface area contributed by atoms with Gasteiger partial charge in [0.1, 0.15) is 12.4 Å². The number of anilines is 2. The number of amides is 4. The van der Waals surface area contributed by atoms with Crippen molar-refractivity contribution >= 4 is 52.5 Å². The number of non-ortho nitro benzene ring substituents is 2. The molecule has 0 saturated heterocycles. The van der Waals surface area contributed by atoms with Gasteiger partial charge in [0.05, 0.1) is 80.6 Å². The second-order valence-corrected chi connectivity index (χ2v) is 16.0. The summed E-state index contributed by atoms with van der Waals surface area (Å²) in [5.41, 5.74) is 3.33. The fraction of sp³-hybridized carbons (Fsp3) is 0.392. The number of nitrogens with zero attached hydrogens (tertiary/aromatic N) is 3. The van der Waals surface area contributed by atoms with Crippen LogP contribution in [0.4, 0.5) is 27.5 Å². The van der Waals surface area contributed by atoms with E-state index in [0.29, 0.717) is 65.6 Å². The molecule has 4 amide bonds. The van der Waals surface area contributed by atoms with Crippen molar-refractivity contribution in [2.75, 3.05) is 76.2 Å². The number of hydrogen-bond donors (Lipinski definition) is 3. The molecule has 0 fully saturated rings. The second-order valence-electron chi connectivity index (χ2n) is 16.0. The average Bonchev–Trinajstić information content (AvgIpc) is 3.36. The van der Waals surface area contributed by atoms with E-state index in [4.69, 9.17) is 28.4 Å².